The van der Waals surface area contributed by atoms with Gasteiger partial charge in [-0.25, -0.2) is 0 Å². The Bertz CT molecular complexity index is 1120. The first-order valence-corrected chi connectivity index (χ1v) is 8.81. The van der Waals surface area contributed by atoms with Crippen molar-refractivity contribution < 1.29 is 14.5 Å². The van der Waals surface area contributed by atoms with Crippen LogP contribution in [-0.2, 0) is 4.79 Å². The summed E-state index contributed by atoms with van der Waals surface area (Å²) in [6.07, 6.45) is 1.13. The van der Waals surface area contributed by atoms with E-state index in [2.05, 4.69) is 10.6 Å². The zero-order valence-corrected chi connectivity index (χ0v) is 15.6. The molecule has 2 N–H and O–H groups in total. The molecule has 8 heteroatoms. The number of para-hydroxylation sites is 3. The summed E-state index contributed by atoms with van der Waals surface area (Å²) >= 11 is 0. The molecular weight excluding hydrogens is 384 g/mol. The number of rotatable bonds is 7. The van der Waals surface area contributed by atoms with Gasteiger partial charge in [0.15, 0.2) is 0 Å². The summed E-state index contributed by atoms with van der Waals surface area (Å²) in [5.74, 6) is 0.624. The molecule has 0 heterocycles. The Labute approximate surface area is 172 Å². The second kappa shape index (κ2) is 9.52. The van der Waals surface area contributed by atoms with E-state index in [1.165, 1.54) is 18.2 Å². The number of nitrogens with one attached hydrogen (secondary N) is 2. The monoisotopic (exact) mass is 400 g/mol. The molecule has 3 rings (SSSR count). The smallest absolute Gasteiger partial charge is 0.292 e. The Morgan fingerprint density at radius 3 is 2.27 bits per heavy atom. The predicted octanol–water partition coefficient (Wildman–Crippen LogP) is 4.85. The third-order valence-corrected chi connectivity index (χ3v) is 3.93. The Hall–Kier alpha value is -4.64. The van der Waals surface area contributed by atoms with Crippen LogP contribution in [0.15, 0.2) is 90.6 Å². The number of nitro benzene ring substituents is 1. The van der Waals surface area contributed by atoms with E-state index < -0.39 is 10.8 Å². The first kappa shape index (κ1) is 20.1. The fourth-order valence-corrected chi connectivity index (χ4v) is 2.48. The average Bonchev–Trinajstić information content (AvgIpc) is 2.76. The molecule has 0 radical (unpaired) electrons. The molecule has 30 heavy (non-hydrogen) atoms. The molecule has 8 nitrogen and oxygen atoms in total. The number of nitro groups is 1. The van der Waals surface area contributed by atoms with E-state index in [0.29, 0.717) is 17.2 Å². The number of nitriles is 1. The minimum Gasteiger partial charge on any atom is -0.457 e. The van der Waals surface area contributed by atoms with Crippen LogP contribution in [0.3, 0.4) is 0 Å². The molecule has 148 valence electrons. The van der Waals surface area contributed by atoms with Crippen molar-refractivity contribution in [3.05, 3.63) is 101 Å². The summed E-state index contributed by atoms with van der Waals surface area (Å²) < 4.78 is 5.68. The van der Waals surface area contributed by atoms with Crippen molar-refractivity contribution in [1.82, 2.24) is 0 Å². The van der Waals surface area contributed by atoms with Crippen LogP contribution in [0.1, 0.15) is 0 Å². The second-order valence-electron chi connectivity index (χ2n) is 5.98. The predicted molar refractivity (Wildman–Crippen MR) is 112 cm³/mol. The molecule has 0 aliphatic carbocycles. The Morgan fingerprint density at radius 1 is 0.967 bits per heavy atom. The molecule has 3 aromatic carbocycles. The van der Waals surface area contributed by atoms with E-state index in [4.69, 9.17) is 4.74 Å². The van der Waals surface area contributed by atoms with E-state index in [9.17, 15) is 20.2 Å². The van der Waals surface area contributed by atoms with Crippen LogP contribution < -0.4 is 15.4 Å². The summed E-state index contributed by atoms with van der Waals surface area (Å²) in [6, 6.07) is 23.6. The molecule has 0 aliphatic heterocycles. The van der Waals surface area contributed by atoms with Gasteiger partial charge in [-0.1, -0.05) is 30.3 Å². The van der Waals surface area contributed by atoms with Gasteiger partial charge in [-0.3, -0.25) is 14.9 Å². The van der Waals surface area contributed by atoms with Crippen molar-refractivity contribution in [2.45, 2.75) is 0 Å². The Balaban J connectivity index is 1.66. The van der Waals surface area contributed by atoms with Crippen LogP contribution in [0, 0.1) is 21.4 Å². The van der Waals surface area contributed by atoms with Crippen LogP contribution in [0.25, 0.3) is 0 Å². The van der Waals surface area contributed by atoms with Crippen molar-refractivity contribution in [3.8, 4) is 17.6 Å². The quantitative estimate of drug-likeness (QED) is 0.253. The van der Waals surface area contributed by atoms with E-state index in [1.807, 2.05) is 30.3 Å². The van der Waals surface area contributed by atoms with Gasteiger partial charge in [0, 0.05) is 18.0 Å². The lowest BCUT2D eigenvalue weighted by Gasteiger charge is -2.08. The maximum atomic E-state index is 12.4. The number of benzene rings is 3. The molecule has 0 spiro atoms. The lowest BCUT2D eigenvalue weighted by atomic mass is 10.2. The van der Waals surface area contributed by atoms with Crippen LogP contribution in [0.5, 0.6) is 11.5 Å². The molecule has 0 aliphatic rings. The summed E-state index contributed by atoms with van der Waals surface area (Å²) in [4.78, 5) is 22.8. The number of carbonyl (C=O) groups is 1. The lowest BCUT2D eigenvalue weighted by molar-refractivity contribution is -0.383. The third-order valence-electron chi connectivity index (χ3n) is 3.93. The molecule has 0 saturated carbocycles. The van der Waals surface area contributed by atoms with Gasteiger partial charge < -0.3 is 15.4 Å². The van der Waals surface area contributed by atoms with Gasteiger partial charge in [-0.15, -0.1) is 0 Å². The minimum absolute atomic E-state index is 0.166. The van der Waals surface area contributed by atoms with Crippen LogP contribution >= 0.6 is 0 Å². The lowest BCUT2D eigenvalue weighted by Crippen LogP contribution is -2.14. The molecule has 3 aromatic rings. The first-order chi connectivity index (χ1) is 14.6. The van der Waals surface area contributed by atoms with Gasteiger partial charge in [0.25, 0.3) is 11.6 Å². The number of hydrogen-bond acceptors (Lipinski definition) is 6. The number of amides is 1. The normalized spacial score (nSPS) is 10.6. The highest BCUT2D eigenvalue weighted by Crippen LogP contribution is 2.24. The van der Waals surface area contributed by atoms with Gasteiger partial charge >= 0.3 is 0 Å². The molecule has 0 saturated heterocycles. The zero-order valence-electron chi connectivity index (χ0n) is 15.6. The summed E-state index contributed by atoms with van der Waals surface area (Å²) in [7, 11) is 0. The van der Waals surface area contributed by atoms with Gasteiger partial charge in [0.2, 0.25) is 0 Å². The first-order valence-electron chi connectivity index (χ1n) is 8.81. The summed E-state index contributed by atoms with van der Waals surface area (Å²) in [5, 5.41) is 25.6. The molecular formula is C22H16N4O4. The van der Waals surface area contributed by atoms with Crippen molar-refractivity contribution in [1.29, 1.82) is 5.26 Å². The fourth-order valence-electron chi connectivity index (χ4n) is 2.48. The maximum absolute atomic E-state index is 12.4. The number of hydrogen-bond donors (Lipinski definition) is 2. The standard InChI is InChI=1S/C22H16N4O4/c23-14-16(15-24-20-8-4-5-9-21(20)26(28)29)22(27)25-17-10-12-19(13-11-17)30-18-6-2-1-3-7-18/h1-13,15,24H,(H,25,27)/b16-15-. The highest BCUT2D eigenvalue weighted by molar-refractivity contribution is 6.06. The van der Waals surface area contributed by atoms with Gasteiger partial charge in [0.1, 0.15) is 28.8 Å². The molecule has 1 amide bonds. The Morgan fingerprint density at radius 2 is 1.60 bits per heavy atom. The Kier molecular flexibility index (Phi) is 6.38. The van der Waals surface area contributed by atoms with Gasteiger partial charge in [-0.2, -0.15) is 5.26 Å². The third kappa shape index (κ3) is 5.21. The topological polar surface area (TPSA) is 117 Å². The van der Waals surface area contributed by atoms with E-state index in [0.717, 1.165) is 6.20 Å². The number of anilines is 2. The zero-order chi connectivity index (χ0) is 21.3. The van der Waals surface area contributed by atoms with Crippen LogP contribution in [0.2, 0.25) is 0 Å². The SMILES string of the molecule is N#C/C(=C/Nc1ccccc1[N+](=O)[O-])C(=O)Nc1ccc(Oc2ccccc2)cc1. The fraction of sp³-hybridized carbons (Fsp3) is 0. The second-order valence-corrected chi connectivity index (χ2v) is 5.98. The number of carbonyl (C=O) groups excluding carboxylic acids is 1. The van der Waals surface area contributed by atoms with Gasteiger partial charge in [0.05, 0.1) is 4.92 Å². The highest BCUT2D eigenvalue weighted by Gasteiger charge is 2.13. The summed E-state index contributed by atoms with van der Waals surface area (Å²) in [6.45, 7) is 0. The van der Waals surface area contributed by atoms with E-state index in [1.54, 1.807) is 36.4 Å². The maximum Gasteiger partial charge on any atom is 0.292 e. The van der Waals surface area contributed by atoms with Crippen molar-refractivity contribution >= 4 is 23.0 Å². The van der Waals surface area contributed by atoms with E-state index in [-0.39, 0.29) is 16.9 Å². The van der Waals surface area contributed by atoms with Crippen LogP contribution in [-0.4, -0.2) is 10.8 Å². The van der Waals surface area contributed by atoms with Crippen molar-refractivity contribution in [2.75, 3.05) is 10.6 Å². The highest BCUT2D eigenvalue weighted by atomic mass is 16.6. The van der Waals surface area contributed by atoms with E-state index >= 15 is 0 Å². The number of nitrogens with zero attached hydrogens (tertiary/aromatic N) is 2. The van der Waals surface area contributed by atoms with Crippen molar-refractivity contribution in [3.63, 3.8) is 0 Å². The average molecular weight is 400 g/mol. The largest absolute Gasteiger partial charge is 0.457 e. The molecule has 0 atom stereocenters. The number of ether oxygens (including phenoxy) is 1. The van der Waals surface area contributed by atoms with Gasteiger partial charge in [-0.05, 0) is 42.5 Å². The molecule has 0 fully saturated rings. The molecule has 0 aromatic heterocycles. The minimum atomic E-state index is -0.652. The molecule has 0 bridgehead atoms. The molecule has 0 unspecified atom stereocenters. The van der Waals surface area contributed by atoms with Crippen molar-refractivity contribution in [2.24, 2.45) is 0 Å². The van der Waals surface area contributed by atoms with Crippen LogP contribution in [0.4, 0.5) is 17.1 Å². The summed E-state index contributed by atoms with van der Waals surface area (Å²) in [5.41, 5.74) is 0.232.